The summed E-state index contributed by atoms with van der Waals surface area (Å²) in [5, 5.41) is 5.69. The van der Waals surface area contributed by atoms with E-state index < -0.39 is 0 Å². The van der Waals surface area contributed by atoms with Gasteiger partial charge in [0.1, 0.15) is 0 Å². The van der Waals surface area contributed by atoms with Gasteiger partial charge in [0, 0.05) is 31.2 Å². The van der Waals surface area contributed by atoms with E-state index in [0.717, 1.165) is 18.1 Å². The Bertz CT molecular complexity index is 580. The molecule has 21 heavy (non-hydrogen) atoms. The quantitative estimate of drug-likeness (QED) is 0.886. The molecule has 1 aliphatic carbocycles. The molecular weight excluding hydrogens is 280 g/mol. The van der Waals surface area contributed by atoms with Crippen LogP contribution in [0.3, 0.4) is 0 Å². The van der Waals surface area contributed by atoms with Gasteiger partial charge in [-0.1, -0.05) is 26.7 Å². The van der Waals surface area contributed by atoms with Crippen molar-refractivity contribution in [3.8, 4) is 0 Å². The molecular formula is C16H26N4S. The van der Waals surface area contributed by atoms with Gasteiger partial charge in [-0.25, -0.2) is 4.98 Å². The molecule has 2 aromatic heterocycles. The highest BCUT2D eigenvalue weighted by Crippen LogP contribution is 2.30. The Balaban J connectivity index is 1.84. The van der Waals surface area contributed by atoms with E-state index in [1.54, 1.807) is 11.3 Å². The van der Waals surface area contributed by atoms with Crippen molar-refractivity contribution >= 4 is 22.1 Å². The molecule has 5 heteroatoms. The zero-order chi connectivity index (χ0) is 14.8. The number of hydrogen-bond acceptors (Lipinski definition) is 4. The van der Waals surface area contributed by atoms with Crippen molar-refractivity contribution in [2.45, 2.75) is 52.1 Å². The number of fused-ring (bicyclic) bond motifs is 1. The van der Waals surface area contributed by atoms with Crippen molar-refractivity contribution in [3.63, 3.8) is 0 Å². The van der Waals surface area contributed by atoms with Crippen LogP contribution in [0.1, 0.15) is 45.2 Å². The SMILES string of the molecule is CC(C)CNCc1c(N(C)C2CCCC2)nc2sccn12. The fourth-order valence-corrected chi connectivity index (χ4v) is 3.94. The molecule has 1 fully saturated rings. The standard InChI is InChI=1S/C16H26N4S/c1-12(2)10-17-11-14-15(18-16-20(14)8-9-21-16)19(3)13-6-4-5-7-13/h8-9,12-13,17H,4-7,10-11H2,1-3H3. The minimum atomic E-state index is 0.665. The zero-order valence-corrected chi connectivity index (χ0v) is 14.1. The number of nitrogens with one attached hydrogen (secondary N) is 1. The summed E-state index contributed by atoms with van der Waals surface area (Å²) in [7, 11) is 2.22. The Kier molecular flexibility index (Phi) is 4.50. The van der Waals surface area contributed by atoms with Crippen LogP contribution in [0.15, 0.2) is 11.6 Å². The summed E-state index contributed by atoms with van der Waals surface area (Å²) in [6, 6.07) is 0.665. The molecule has 0 spiro atoms. The summed E-state index contributed by atoms with van der Waals surface area (Å²) in [5.74, 6) is 1.84. The van der Waals surface area contributed by atoms with Gasteiger partial charge in [-0.2, -0.15) is 0 Å². The van der Waals surface area contributed by atoms with E-state index in [0.29, 0.717) is 12.0 Å². The lowest BCUT2D eigenvalue weighted by atomic mass is 10.2. The normalized spacial score (nSPS) is 16.4. The van der Waals surface area contributed by atoms with Crippen molar-refractivity contribution in [2.75, 3.05) is 18.5 Å². The molecule has 1 aliphatic rings. The van der Waals surface area contributed by atoms with Gasteiger partial charge in [0.2, 0.25) is 0 Å². The van der Waals surface area contributed by atoms with Gasteiger partial charge in [-0.05, 0) is 25.3 Å². The minimum Gasteiger partial charge on any atom is -0.355 e. The topological polar surface area (TPSA) is 32.6 Å². The Morgan fingerprint density at radius 3 is 2.90 bits per heavy atom. The van der Waals surface area contributed by atoms with Crippen LogP contribution < -0.4 is 10.2 Å². The molecule has 0 amide bonds. The van der Waals surface area contributed by atoms with Gasteiger partial charge >= 0.3 is 0 Å². The van der Waals surface area contributed by atoms with Gasteiger partial charge in [0.15, 0.2) is 10.8 Å². The maximum atomic E-state index is 4.88. The summed E-state index contributed by atoms with van der Waals surface area (Å²) >= 11 is 1.72. The van der Waals surface area contributed by atoms with E-state index in [-0.39, 0.29) is 0 Å². The molecule has 116 valence electrons. The highest BCUT2D eigenvalue weighted by Gasteiger charge is 2.24. The lowest BCUT2D eigenvalue weighted by Crippen LogP contribution is -2.31. The zero-order valence-electron chi connectivity index (χ0n) is 13.3. The van der Waals surface area contributed by atoms with E-state index >= 15 is 0 Å². The molecule has 0 bridgehead atoms. The number of hydrogen-bond donors (Lipinski definition) is 1. The maximum absolute atomic E-state index is 4.88. The summed E-state index contributed by atoms with van der Waals surface area (Å²) in [5.41, 5.74) is 1.31. The number of thiazole rings is 1. The Labute approximate surface area is 131 Å². The molecule has 1 saturated carbocycles. The Morgan fingerprint density at radius 2 is 2.19 bits per heavy atom. The monoisotopic (exact) mass is 306 g/mol. The van der Waals surface area contributed by atoms with Gasteiger partial charge in [-0.15, -0.1) is 11.3 Å². The van der Waals surface area contributed by atoms with Gasteiger partial charge < -0.3 is 10.2 Å². The van der Waals surface area contributed by atoms with E-state index in [1.165, 1.54) is 37.2 Å². The van der Waals surface area contributed by atoms with Gasteiger partial charge in [0.05, 0.1) is 5.69 Å². The first-order chi connectivity index (χ1) is 10.2. The molecule has 0 aromatic carbocycles. The molecule has 4 nitrogen and oxygen atoms in total. The Morgan fingerprint density at radius 1 is 1.43 bits per heavy atom. The van der Waals surface area contributed by atoms with Crippen LogP contribution in [0.5, 0.6) is 0 Å². The molecule has 0 atom stereocenters. The van der Waals surface area contributed by atoms with E-state index in [4.69, 9.17) is 4.98 Å². The van der Waals surface area contributed by atoms with Gasteiger partial charge in [-0.3, -0.25) is 4.40 Å². The van der Waals surface area contributed by atoms with Crippen LogP contribution >= 0.6 is 11.3 Å². The number of aromatic nitrogens is 2. The molecule has 0 saturated heterocycles. The number of nitrogens with zero attached hydrogens (tertiary/aromatic N) is 3. The second-order valence-corrected chi connectivity index (χ2v) is 7.38. The summed E-state index contributed by atoms with van der Waals surface area (Å²) in [6.07, 6.45) is 7.47. The smallest absolute Gasteiger partial charge is 0.195 e. The molecule has 1 N–H and O–H groups in total. The predicted octanol–water partition coefficient (Wildman–Crippen LogP) is 3.52. The number of imidazole rings is 1. The van der Waals surface area contributed by atoms with E-state index in [1.807, 2.05) is 0 Å². The first-order valence-corrected chi connectivity index (χ1v) is 8.92. The van der Waals surface area contributed by atoms with Crippen LogP contribution in [0, 0.1) is 5.92 Å². The van der Waals surface area contributed by atoms with Crippen LogP contribution in [0.4, 0.5) is 5.82 Å². The lowest BCUT2D eigenvalue weighted by molar-refractivity contribution is 0.545. The Hall–Kier alpha value is -1.07. The first kappa shape index (κ1) is 14.9. The fourth-order valence-electron chi connectivity index (χ4n) is 3.21. The van der Waals surface area contributed by atoms with Crippen molar-refractivity contribution in [3.05, 3.63) is 17.3 Å². The fraction of sp³-hybridized carbons (Fsp3) is 0.688. The van der Waals surface area contributed by atoms with Gasteiger partial charge in [0.25, 0.3) is 0 Å². The second-order valence-electron chi connectivity index (χ2n) is 6.51. The summed E-state index contributed by atoms with van der Waals surface area (Å²) < 4.78 is 2.25. The minimum absolute atomic E-state index is 0.665. The average molecular weight is 306 g/mol. The number of rotatable bonds is 6. The summed E-state index contributed by atoms with van der Waals surface area (Å²) in [6.45, 7) is 6.43. The maximum Gasteiger partial charge on any atom is 0.195 e. The van der Waals surface area contributed by atoms with Crippen molar-refractivity contribution in [1.82, 2.24) is 14.7 Å². The predicted molar refractivity (Wildman–Crippen MR) is 90.3 cm³/mol. The molecule has 2 aromatic rings. The van der Waals surface area contributed by atoms with Crippen molar-refractivity contribution in [1.29, 1.82) is 0 Å². The van der Waals surface area contributed by atoms with Crippen LogP contribution in [-0.4, -0.2) is 29.0 Å². The summed E-state index contributed by atoms with van der Waals surface area (Å²) in [4.78, 5) is 8.41. The third kappa shape index (κ3) is 3.09. The first-order valence-electron chi connectivity index (χ1n) is 8.04. The largest absolute Gasteiger partial charge is 0.355 e. The van der Waals surface area contributed by atoms with E-state index in [2.05, 4.69) is 47.1 Å². The highest BCUT2D eigenvalue weighted by atomic mass is 32.1. The third-order valence-electron chi connectivity index (χ3n) is 4.39. The van der Waals surface area contributed by atoms with Crippen LogP contribution in [0.2, 0.25) is 0 Å². The number of anilines is 1. The molecule has 0 unspecified atom stereocenters. The highest BCUT2D eigenvalue weighted by molar-refractivity contribution is 7.15. The molecule has 0 aliphatic heterocycles. The third-order valence-corrected chi connectivity index (χ3v) is 5.15. The molecule has 0 radical (unpaired) electrons. The van der Waals surface area contributed by atoms with Crippen molar-refractivity contribution in [2.24, 2.45) is 5.92 Å². The van der Waals surface area contributed by atoms with Crippen LogP contribution in [-0.2, 0) is 6.54 Å². The lowest BCUT2D eigenvalue weighted by Gasteiger charge is -2.25. The average Bonchev–Trinajstić information content (AvgIpc) is 3.15. The van der Waals surface area contributed by atoms with Crippen molar-refractivity contribution < 1.29 is 0 Å². The van der Waals surface area contributed by atoms with Crippen LogP contribution in [0.25, 0.3) is 4.96 Å². The molecule has 2 heterocycles. The van der Waals surface area contributed by atoms with E-state index in [9.17, 15) is 0 Å². The second kappa shape index (κ2) is 6.36. The molecule has 3 rings (SSSR count).